The average Bonchev–Trinajstić information content (AvgIpc) is 2.15. The molecule has 2 N–H and O–H groups in total. The monoisotopic (exact) mass is 215 g/mol. The van der Waals surface area contributed by atoms with Crippen LogP contribution in [0.2, 0.25) is 0 Å². The van der Waals surface area contributed by atoms with Crippen LogP contribution in [-0.2, 0) is 16.6 Å². The summed E-state index contributed by atoms with van der Waals surface area (Å²) in [4.78, 5) is 10.3. The topological polar surface area (TPSA) is 49.3 Å². The molecule has 1 atom stereocenters. The third-order valence-electron chi connectivity index (χ3n) is 1.52. The molecule has 0 radical (unpaired) electrons. The Hall–Kier alpha value is -0.860. The average molecular weight is 215 g/mol. The lowest BCUT2D eigenvalue weighted by molar-refractivity contribution is -0.134. The lowest BCUT2D eigenvalue weighted by atomic mass is 10.3. The van der Waals surface area contributed by atoms with E-state index in [1.165, 1.54) is 0 Å². The molecule has 0 fully saturated rings. The van der Waals surface area contributed by atoms with Gasteiger partial charge < -0.3 is 10.4 Å². The molecule has 1 rings (SSSR count). The Labute approximate surface area is 82.6 Å². The smallest absolute Gasteiger partial charge is 0.322 e. The summed E-state index contributed by atoms with van der Waals surface area (Å²) in [7, 11) is -0.197. The normalized spacial score (nSPS) is 10.5. The number of carboxylic acid groups (broad SMARTS) is 1. The van der Waals surface area contributed by atoms with E-state index in [9.17, 15) is 4.79 Å². The highest BCUT2D eigenvalue weighted by atomic mass is 32.4. The van der Waals surface area contributed by atoms with Crippen LogP contribution in [0, 0.1) is 0 Å². The number of carbonyl (C=O) groups is 1. The van der Waals surface area contributed by atoms with E-state index in [-0.39, 0.29) is 13.9 Å². The van der Waals surface area contributed by atoms with Crippen molar-refractivity contribution in [3.63, 3.8) is 0 Å². The first-order valence-electron chi connectivity index (χ1n) is 3.74. The highest BCUT2D eigenvalue weighted by Gasteiger charge is 1.99. The van der Waals surface area contributed by atoms with Gasteiger partial charge in [-0.3, -0.25) is 4.79 Å². The second-order valence-electron chi connectivity index (χ2n) is 2.45. The van der Waals surface area contributed by atoms with Gasteiger partial charge in [0.05, 0.1) is 0 Å². The lowest BCUT2D eigenvalue weighted by Gasteiger charge is -2.05. The molecule has 0 bridgehead atoms. The van der Waals surface area contributed by atoms with Gasteiger partial charge in [0, 0.05) is 11.0 Å². The molecule has 0 spiro atoms. The molecule has 70 valence electrons. The standard InChI is InChI=1S/C8H10NO2PS/c10-8(11)5-9-6-3-1-2-4-7(6)12-13/h1-4,9H,5,12H2,(H,10,11). The van der Waals surface area contributed by atoms with Gasteiger partial charge in [0.1, 0.15) is 6.54 Å². The van der Waals surface area contributed by atoms with Gasteiger partial charge in [-0.25, -0.2) is 0 Å². The van der Waals surface area contributed by atoms with E-state index in [0.717, 1.165) is 11.0 Å². The molecule has 1 unspecified atom stereocenters. The number of hydrogen-bond acceptors (Lipinski definition) is 3. The Morgan fingerprint density at radius 2 is 2.23 bits per heavy atom. The van der Waals surface area contributed by atoms with Crippen LogP contribution in [0.3, 0.4) is 0 Å². The second kappa shape index (κ2) is 5.00. The molecule has 0 saturated carbocycles. The molecule has 5 heteroatoms. The number of para-hydroxylation sites is 1. The fourth-order valence-corrected chi connectivity index (χ4v) is 2.06. The van der Waals surface area contributed by atoms with Crippen molar-refractivity contribution in [2.45, 2.75) is 0 Å². The van der Waals surface area contributed by atoms with E-state index in [2.05, 4.69) is 5.32 Å². The third-order valence-corrected chi connectivity index (χ3v) is 3.04. The summed E-state index contributed by atoms with van der Waals surface area (Å²) in [5.74, 6) is -0.867. The number of anilines is 1. The summed E-state index contributed by atoms with van der Waals surface area (Å²) in [5, 5.41) is 12.3. The second-order valence-corrected chi connectivity index (χ2v) is 4.02. The van der Waals surface area contributed by atoms with E-state index in [0.29, 0.717) is 0 Å². The maximum atomic E-state index is 10.3. The third kappa shape index (κ3) is 3.17. The van der Waals surface area contributed by atoms with Crippen LogP contribution in [0.25, 0.3) is 0 Å². The summed E-state index contributed by atoms with van der Waals surface area (Å²) in [5.41, 5.74) is 0.843. The SMILES string of the molecule is O=C(O)CNc1ccccc1[PH2]=S. The van der Waals surface area contributed by atoms with Crippen molar-refractivity contribution in [2.75, 3.05) is 11.9 Å². The van der Waals surface area contributed by atoms with Gasteiger partial charge in [0.2, 0.25) is 0 Å². The first-order valence-corrected chi connectivity index (χ1v) is 6.20. The Kier molecular flexibility index (Phi) is 3.93. The number of aliphatic carboxylic acids is 1. The van der Waals surface area contributed by atoms with Crippen LogP contribution in [0.1, 0.15) is 0 Å². The number of carboxylic acids is 1. The predicted molar refractivity (Wildman–Crippen MR) is 59.3 cm³/mol. The Morgan fingerprint density at radius 3 is 2.85 bits per heavy atom. The van der Waals surface area contributed by atoms with Crippen molar-refractivity contribution < 1.29 is 9.90 Å². The van der Waals surface area contributed by atoms with Gasteiger partial charge in [-0.1, -0.05) is 30.0 Å². The van der Waals surface area contributed by atoms with Gasteiger partial charge in [-0.05, 0) is 13.4 Å². The number of nitrogens with one attached hydrogen (secondary N) is 1. The van der Waals surface area contributed by atoms with E-state index < -0.39 is 5.97 Å². The molecule has 0 aliphatic carbocycles. The Balaban J connectivity index is 2.75. The van der Waals surface area contributed by atoms with E-state index in [4.69, 9.17) is 16.9 Å². The Morgan fingerprint density at radius 1 is 1.54 bits per heavy atom. The maximum absolute atomic E-state index is 10.3. The number of benzene rings is 1. The van der Waals surface area contributed by atoms with Crippen LogP contribution < -0.4 is 10.6 Å². The first kappa shape index (κ1) is 10.2. The molecule has 1 aromatic rings. The summed E-state index contributed by atoms with van der Waals surface area (Å²) in [6.07, 6.45) is 0. The van der Waals surface area contributed by atoms with Crippen molar-refractivity contribution >= 4 is 36.1 Å². The molecule has 0 saturated heterocycles. The van der Waals surface area contributed by atoms with Crippen molar-refractivity contribution in [1.82, 2.24) is 0 Å². The van der Waals surface area contributed by atoms with Crippen molar-refractivity contribution in [3.8, 4) is 0 Å². The van der Waals surface area contributed by atoms with Crippen molar-refractivity contribution in [1.29, 1.82) is 0 Å². The first-order chi connectivity index (χ1) is 6.24. The largest absolute Gasteiger partial charge is 0.480 e. The quantitative estimate of drug-likeness (QED) is 0.725. The van der Waals surface area contributed by atoms with E-state index >= 15 is 0 Å². The van der Waals surface area contributed by atoms with Crippen LogP contribution in [0.4, 0.5) is 5.69 Å². The number of hydrogen-bond donors (Lipinski definition) is 2. The summed E-state index contributed by atoms with van der Waals surface area (Å²) < 4.78 is 0. The molecule has 1 aromatic carbocycles. The van der Waals surface area contributed by atoms with Crippen LogP contribution in [0.15, 0.2) is 24.3 Å². The zero-order chi connectivity index (χ0) is 9.68. The predicted octanol–water partition coefficient (Wildman–Crippen LogP) is 0.681. The minimum absolute atomic E-state index is 0.0637. The zero-order valence-corrected chi connectivity index (χ0v) is 8.83. The van der Waals surface area contributed by atoms with Crippen LogP contribution >= 0.6 is 7.36 Å². The van der Waals surface area contributed by atoms with Crippen LogP contribution in [-0.4, -0.2) is 17.6 Å². The fourth-order valence-electron chi connectivity index (χ4n) is 0.932. The summed E-state index contributed by atoms with van der Waals surface area (Å²) >= 11 is 4.98. The van der Waals surface area contributed by atoms with Crippen molar-refractivity contribution in [3.05, 3.63) is 24.3 Å². The van der Waals surface area contributed by atoms with Crippen LogP contribution in [0.5, 0.6) is 0 Å². The minimum Gasteiger partial charge on any atom is -0.480 e. The molecule has 0 heterocycles. The molecular formula is C8H10NO2PS. The molecule has 0 aliphatic heterocycles. The minimum atomic E-state index is -0.867. The molecule has 3 nitrogen and oxygen atoms in total. The molecule has 0 aromatic heterocycles. The molecular weight excluding hydrogens is 205 g/mol. The zero-order valence-electron chi connectivity index (χ0n) is 6.86. The van der Waals surface area contributed by atoms with Gasteiger partial charge in [-0.2, -0.15) is 0 Å². The Bertz CT molecular complexity index is 330. The maximum Gasteiger partial charge on any atom is 0.322 e. The van der Waals surface area contributed by atoms with E-state index in [1.807, 2.05) is 24.3 Å². The van der Waals surface area contributed by atoms with Gasteiger partial charge in [-0.15, -0.1) is 0 Å². The summed E-state index contributed by atoms with van der Waals surface area (Å²) in [6, 6.07) is 7.53. The van der Waals surface area contributed by atoms with Crippen molar-refractivity contribution in [2.24, 2.45) is 0 Å². The summed E-state index contributed by atoms with van der Waals surface area (Å²) in [6.45, 7) is -0.0637. The molecule has 0 aliphatic rings. The van der Waals surface area contributed by atoms with Gasteiger partial charge >= 0.3 is 5.97 Å². The fraction of sp³-hybridized carbons (Fsp3) is 0.125. The van der Waals surface area contributed by atoms with Gasteiger partial charge in [0.15, 0.2) is 0 Å². The number of rotatable bonds is 4. The van der Waals surface area contributed by atoms with E-state index in [1.54, 1.807) is 0 Å². The van der Waals surface area contributed by atoms with Gasteiger partial charge in [0.25, 0.3) is 0 Å². The molecule has 0 amide bonds. The highest BCUT2D eigenvalue weighted by Crippen LogP contribution is 2.08. The lowest BCUT2D eigenvalue weighted by Crippen LogP contribution is -2.15. The molecule has 13 heavy (non-hydrogen) atoms. The highest BCUT2D eigenvalue weighted by molar-refractivity contribution is 7.99.